The van der Waals surface area contributed by atoms with E-state index in [1.807, 2.05) is 65.6 Å². The number of rotatable bonds is 11. The summed E-state index contributed by atoms with van der Waals surface area (Å²) >= 11 is 0. The van der Waals surface area contributed by atoms with Crippen molar-refractivity contribution in [1.82, 2.24) is 9.80 Å². The van der Waals surface area contributed by atoms with Crippen molar-refractivity contribution in [3.05, 3.63) is 71.8 Å². The van der Waals surface area contributed by atoms with Crippen molar-refractivity contribution in [2.45, 2.75) is 76.7 Å². The summed E-state index contributed by atoms with van der Waals surface area (Å²) in [6.07, 6.45) is 7.28. The molecule has 0 saturated carbocycles. The summed E-state index contributed by atoms with van der Waals surface area (Å²) in [6, 6.07) is 20.1. The zero-order valence-corrected chi connectivity index (χ0v) is 22.4. The first-order valence-electron chi connectivity index (χ1n) is 14.0. The first-order valence-corrected chi connectivity index (χ1v) is 14.0. The Bertz CT molecular complexity index is 1010. The molecule has 2 amide bonds. The Labute approximate surface area is 221 Å². The van der Waals surface area contributed by atoms with E-state index in [2.05, 4.69) is 13.8 Å². The van der Waals surface area contributed by atoms with Crippen LogP contribution >= 0.6 is 0 Å². The molecule has 37 heavy (non-hydrogen) atoms. The number of aliphatic imine (C=N–C) groups is 1. The Morgan fingerprint density at radius 2 is 1.46 bits per heavy atom. The third kappa shape index (κ3) is 6.06. The second-order valence-corrected chi connectivity index (χ2v) is 10.6. The van der Waals surface area contributed by atoms with Crippen molar-refractivity contribution in [3.63, 3.8) is 0 Å². The monoisotopic (exact) mass is 502 g/mol. The number of carbonyl (C=O) groups is 2. The van der Waals surface area contributed by atoms with Crippen LogP contribution in [0, 0.1) is 5.92 Å². The Morgan fingerprint density at radius 1 is 0.946 bits per heavy atom. The fourth-order valence-corrected chi connectivity index (χ4v) is 5.79. The van der Waals surface area contributed by atoms with Crippen molar-refractivity contribution in [2.24, 2.45) is 16.6 Å². The van der Waals surface area contributed by atoms with Gasteiger partial charge in [-0.1, -0.05) is 100 Å². The van der Waals surface area contributed by atoms with Gasteiger partial charge in [-0.2, -0.15) is 0 Å². The molecule has 2 heterocycles. The van der Waals surface area contributed by atoms with Crippen LogP contribution in [0.2, 0.25) is 0 Å². The number of hydrogen-bond donors (Lipinski definition) is 1. The van der Waals surface area contributed by atoms with Gasteiger partial charge in [-0.05, 0) is 42.7 Å². The van der Waals surface area contributed by atoms with Crippen molar-refractivity contribution in [3.8, 4) is 0 Å². The van der Waals surface area contributed by atoms with Crippen LogP contribution in [0.1, 0.15) is 82.3 Å². The molecule has 2 aromatic carbocycles. The average molecular weight is 503 g/mol. The first-order chi connectivity index (χ1) is 18.0. The maximum absolute atomic E-state index is 13.8. The van der Waals surface area contributed by atoms with Gasteiger partial charge in [-0.15, -0.1) is 0 Å². The minimum atomic E-state index is -0.675. The topological polar surface area (TPSA) is 79.0 Å². The molecule has 1 saturated heterocycles. The lowest BCUT2D eigenvalue weighted by atomic mass is 9.86. The van der Waals surface area contributed by atoms with Gasteiger partial charge in [0, 0.05) is 19.6 Å². The summed E-state index contributed by atoms with van der Waals surface area (Å²) in [6.45, 7) is 6.27. The molecule has 198 valence electrons. The molecule has 1 fully saturated rings. The van der Waals surface area contributed by atoms with Crippen LogP contribution in [-0.4, -0.2) is 52.7 Å². The van der Waals surface area contributed by atoms with E-state index in [9.17, 15) is 9.59 Å². The lowest BCUT2D eigenvalue weighted by molar-refractivity contribution is -0.135. The molecule has 0 unspecified atom stereocenters. The maximum Gasteiger partial charge on any atom is 0.257 e. The predicted molar refractivity (Wildman–Crippen MR) is 149 cm³/mol. The van der Waals surface area contributed by atoms with E-state index in [0.29, 0.717) is 31.5 Å². The second-order valence-electron chi connectivity index (χ2n) is 10.6. The summed E-state index contributed by atoms with van der Waals surface area (Å²) in [4.78, 5) is 35.8. The van der Waals surface area contributed by atoms with Crippen LogP contribution < -0.4 is 5.73 Å². The van der Waals surface area contributed by atoms with Crippen molar-refractivity contribution >= 4 is 17.8 Å². The van der Waals surface area contributed by atoms with Crippen LogP contribution in [0.3, 0.4) is 0 Å². The summed E-state index contributed by atoms with van der Waals surface area (Å²) < 4.78 is 0. The van der Waals surface area contributed by atoms with Gasteiger partial charge in [-0.3, -0.25) is 14.5 Å². The highest BCUT2D eigenvalue weighted by Crippen LogP contribution is 2.34. The number of hydrogen-bond acceptors (Lipinski definition) is 4. The fraction of sp³-hybridized carbons (Fsp3) is 0.516. The van der Waals surface area contributed by atoms with Gasteiger partial charge >= 0.3 is 0 Å². The molecular weight excluding hydrogens is 460 g/mol. The van der Waals surface area contributed by atoms with Gasteiger partial charge in [-0.25, -0.2) is 4.99 Å². The van der Waals surface area contributed by atoms with Gasteiger partial charge < -0.3 is 10.6 Å². The molecule has 2 N–H and O–H groups in total. The van der Waals surface area contributed by atoms with Crippen LogP contribution in [-0.2, 0) is 9.59 Å². The number of piperidine rings is 1. The number of likely N-dealkylation sites (tertiary alicyclic amines) is 1. The Balaban J connectivity index is 1.40. The summed E-state index contributed by atoms with van der Waals surface area (Å²) in [5, 5.41) is 0. The highest BCUT2D eigenvalue weighted by Gasteiger charge is 2.47. The molecule has 6 heteroatoms. The molecule has 2 aliphatic heterocycles. The normalized spacial score (nSPS) is 17.9. The number of benzene rings is 2. The molecule has 0 aromatic heterocycles. The minimum absolute atomic E-state index is 0.0821. The zero-order chi connectivity index (χ0) is 26.3. The molecule has 0 bridgehead atoms. The van der Waals surface area contributed by atoms with Crippen LogP contribution in [0.25, 0.3) is 0 Å². The third-order valence-electron chi connectivity index (χ3n) is 8.02. The van der Waals surface area contributed by atoms with Gasteiger partial charge in [0.05, 0.1) is 5.92 Å². The number of nitrogens with two attached hydrogens (primary N) is 1. The molecule has 6 nitrogen and oxygen atoms in total. The van der Waals surface area contributed by atoms with Gasteiger partial charge in [0.2, 0.25) is 5.91 Å². The molecule has 2 aromatic rings. The maximum atomic E-state index is 13.8. The Kier molecular flexibility index (Phi) is 9.01. The van der Waals surface area contributed by atoms with E-state index in [-0.39, 0.29) is 17.7 Å². The number of unbranched alkanes of at least 4 members (excludes halogenated alkanes) is 2. The molecule has 0 aliphatic carbocycles. The van der Waals surface area contributed by atoms with Crippen LogP contribution in [0.15, 0.2) is 65.7 Å². The van der Waals surface area contributed by atoms with Gasteiger partial charge in [0.15, 0.2) is 5.96 Å². The van der Waals surface area contributed by atoms with Gasteiger partial charge in [0.25, 0.3) is 5.91 Å². The van der Waals surface area contributed by atoms with Crippen LogP contribution in [0.5, 0.6) is 0 Å². The summed E-state index contributed by atoms with van der Waals surface area (Å²) in [5.41, 5.74) is 7.70. The summed E-state index contributed by atoms with van der Waals surface area (Å²) in [5.74, 6) is 0.608. The lowest BCUT2D eigenvalue weighted by Crippen LogP contribution is -2.48. The highest BCUT2D eigenvalue weighted by atomic mass is 16.2. The largest absolute Gasteiger partial charge is 0.369 e. The fourth-order valence-electron chi connectivity index (χ4n) is 5.79. The molecule has 4 rings (SSSR count). The Hall–Kier alpha value is -3.15. The SMILES string of the molecule is CCCCC1(CCCC)N=C(N)N(CC2CCN(C(=O)C(c3ccccc3)c3ccccc3)CC2)C1=O. The van der Waals surface area contributed by atoms with E-state index >= 15 is 0 Å². The van der Waals surface area contributed by atoms with E-state index in [0.717, 1.165) is 62.5 Å². The third-order valence-corrected chi connectivity index (χ3v) is 8.02. The first kappa shape index (κ1) is 26.9. The minimum Gasteiger partial charge on any atom is -0.369 e. The quantitative estimate of drug-likeness (QED) is 0.451. The lowest BCUT2D eigenvalue weighted by Gasteiger charge is -2.36. The molecule has 2 aliphatic rings. The number of amides is 2. The average Bonchev–Trinajstić information content (AvgIpc) is 3.17. The Morgan fingerprint density at radius 3 is 1.95 bits per heavy atom. The van der Waals surface area contributed by atoms with Gasteiger partial charge in [0.1, 0.15) is 5.54 Å². The summed E-state index contributed by atoms with van der Waals surface area (Å²) in [7, 11) is 0. The number of nitrogens with zero attached hydrogens (tertiary/aromatic N) is 3. The molecule has 0 radical (unpaired) electrons. The van der Waals surface area contributed by atoms with E-state index in [1.165, 1.54) is 0 Å². The predicted octanol–water partition coefficient (Wildman–Crippen LogP) is 5.33. The van der Waals surface area contributed by atoms with Crippen molar-refractivity contribution < 1.29 is 9.59 Å². The van der Waals surface area contributed by atoms with Crippen molar-refractivity contribution in [1.29, 1.82) is 0 Å². The van der Waals surface area contributed by atoms with E-state index < -0.39 is 5.54 Å². The standard InChI is InChI=1S/C31H42N4O2/c1-3-5-19-31(20-6-4-2)29(37)35(30(32)33-31)23-24-17-21-34(22-18-24)28(36)27(25-13-9-7-10-14-25)26-15-11-8-12-16-26/h7-16,24,27H,3-6,17-23H2,1-2H3,(H2,32,33). The van der Waals surface area contributed by atoms with E-state index in [1.54, 1.807) is 4.90 Å². The smallest absolute Gasteiger partial charge is 0.257 e. The van der Waals surface area contributed by atoms with Crippen LogP contribution in [0.4, 0.5) is 0 Å². The van der Waals surface area contributed by atoms with E-state index in [4.69, 9.17) is 10.7 Å². The molecule has 0 atom stereocenters. The van der Waals surface area contributed by atoms with Crippen molar-refractivity contribution in [2.75, 3.05) is 19.6 Å². The molecule has 0 spiro atoms. The second kappa shape index (κ2) is 12.4. The zero-order valence-electron chi connectivity index (χ0n) is 22.4. The highest BCUT2D eigenvalue weighted by molar-refractivity contribution is 6.06. The number of carbonyl (C=O) groups excluding carboxylic acids is 2. The molecular formula is C31H42N4O2. The number of guanidine groups is 1.